The van der Waals surface area contributed by atoms with Gasteiger partial charge in [0.05, 0.1) is 5.88 Å². The highest BCUT2D eigenvalue weighted by Gasteiger charge is 2.28. The van der Waals surface area contributed by atoms with Crippen LogP contribution in [-0.2, 0) is 5.88 Å². The van der Waals surface area contributed by atoms with E-state index in [4.69, 9.17) is 11.6 Å². The molecule has 0 spiro atoms. The smallest absolute Gasteiger partial charge is 0.148 e. The summed E-state index contributed by atoms with van der Waals surface area (Å²) in [5.74, 6) is 1.36. The Kier molecular flexibility index (Phi) is 3.01. The van der Waals surface area contributed by atoms with Gasteiger partial charge in [-0.05, 0) is 31.1 Å². The van der Waals surface area contributed by atoms with Crippen LogP contribution in [0.1, 0.15) is 51.4 Å². The molecule has 1 aliphatic carbocycles. The van der Waals surface area contributed by atoms with Crippen LogP contribution in [0.15, 0.2) is 6.33 Å². The summed E-state index contributed by atoms with van der Waals surface area (Å²) < 4.78 is 2.16. The highest BCUT2D eigenvalue weighted by atomic mass is 35.5. The largest absolute Gasteiger partial charge is 0.313 e. The molecule has 0 saturated heterocycles. The van der Waals surface area contributed by atoms with E-state index in [2.05, 4.69) is 28.6 Å². The second-order valence-corrected chi connectivity index (χ2v) is 5.45. The van der Waals surface area contributed by atoms with Crippen LogP contribution in [-0.4, -0.2) is 14.8 Å². The number of rotatable bonds is 2. The van der Waals surface area contributed by atoms with E-state index in [0.717, 1.165) is 5.82 Å². The maximum Gasteiger partial charge on any atom is 0.148 e. The van der Waals surface area contributed by atoms with E-state index >= 15 is 0 Å². The molecule has 0 amide bonds. The number of halogens is 1. The molecule has 0 unspecified atom stereocenters. The maximum absolute atomic E-state index is 5.83. The Bertz CT molecular complexity index is 322. The molecular weight excluding hydrogens is 210 g/mol. The van der Waals surface area contributed by atoms with Crippen molar-refractivity contribution in [3.8, 4) is 0 Å². The van der Waals surface area contributed by atoms with Crippen molar-refractivity contribution in [2.24, 2.45) is 5.41 Å². The number of nitrogens with zero attached hydrogens (tertiary/aromatic N) is 3. The predicted molar refractivity (Wildman–Crippen MR) is 60.9 cm³/mol. The van der Waals surface area contributed by atoms with E-state index in [-0.39, 0.29) is 0 Å². The molecule has 1 aromatic rings. The lowest BCUT2D eigenvalue weighted by molar-refractivity contribution is 0.192. The van der Waals surface area contributed by atoms with Crippen LogP contribution in [0.2, 0.25) is 0 Å². The van der Waals surface area contributed by atoms with Gasteiger partial charge in [0.25, 0.3) is 0 Å². The van der Waals surface area contributed by atoms with Crippen molar-refractivity contribution in [1.82, 2.24) is 14.8 Å². The molecule has 1 heterocycles. The second-order valence-electron chi connectivity index (χ2n) is 5.18. The summed E-state index contributed by atoms with van der Waals surface area (Å²) >= 11 is 5.83. The third kappa shape index (κ3) is 2.33. The summed E-state index contributed by atoms with van der Waals surface area (Å²) in [6, 6.07) is 0.557. The lowest BCUT2D eigenvalue weighted by Crippen LogP contribution is -2.24. The molecule has 1 aromatic heterocycles. The molecule has 0 aromatic carbocycles. The van der Waals surface area contributed by atoms with Gasteiger partial charge in [-0.1, -0.05) is 13.8 Å². The molecule has 0 radical (unpaired) electrons. The Labute approximate surface area is 95.8 Å². The Hall–Kier alpha value is -0.570. The van der Waals surface area contributed by atoms with Crippen molar-refractivity contribution in [1.29, 1.82) is 0 Å². The SMILES string of the molecule is CC1(C)CCC(n2cnnc2CCl)CC1. The minimum atomic E-state index is 0.458. The molecule has 1 fully saturated rings. The minimum Gasteiger partial charge on any atom is -0.313 e. The van der Waals surface area contributed by atoms with Gasteiger partial charge >= 0.3 is 0 Å². The molecular formula is C11H18ClN3. The summed E-state index contributed by atoms with van der Waals surface area (Å²) in [6.45, 7) is 4.69. The van der Waals surface area contributed by atoms with Gasteiger partial charge in [0, 0.05) is 6.04 Å². The van der Waals surface area contributed by atoms with Crippen molar-refractivity contribution in [2.75, 3.05) is 0 Å². The van der Waals surface area contributed by atoms with E-state index in [1.54, 1.807) is 0 Å². The Morgan fingerprint density at radius 3 is 2.73 bits per heavy atom. The van der Waals surface area contributed by atoms with E-state index < -0.39 is 0 Å². The highest BCUT2D eigenvalue weighted by molar-refractivity contribution is 6.16. The Morgan fingerprint density at radius 1 is 1.47 bits per heavy atom. The molecule has 0 bridgehead atoms. The summed E-state index contributed by atoms with van der Waals surface area (Å²) in [5, 5.41) is 7.96. The van der Waals surface area contributed by atoms with Gasteiger partial charge in [-0.3, -0.25) is 0 Å². The van der Waals surface area contributed by atoms with E-state index in [0.29, 0.717) is 17.3 Å². The molecule has 4 heteroatoms. The number of alkyl halides is 1. The van der Waals surface area contributed by atoms with E-state index in [9.17, 15) is 0 Å². The minimum absolute atomic E-state index is 0.458. The predicted octanol–water partition coefficient (Wildman–Crippen LogP) is 3.16. The van der Waals surface area contributed by atoms with Gasteiger partial charge in [0.2, 0.25) is 0 Å². The standard InChI is InChI=1S/C11H18ClN3/c1-11(2)5-3-9(4-6-11)15-8-13-14-10(15)7-12/h8-9H,3-7H2,1-2H3. The maximum atomic E-state index is 5.83. The normalized spacial score (nSPS) is 21.8. The summed E-state index contributed by atoms with van der Waals surface area (Å²) in [6.07, 6.45) is 6.81. The van der Waals surface area contributed by atoms with Crippen LogP contribution < -0.4 is 0 Å². The summed E-state index contributed by atoms with van der Waals surface area (Å²) in [4.78, 5) is 0. The summed E-state index contributed by atoms with van der Waals surface area (Å²) in [5.41, 5.74) is 0.506. The molecule has 0 N–H and O–H groups in total. The molecule has 0 atom stereocenters. The highest BCUT2D eigenvalue weighted by Crippen LogP contribution is 2.40. The zero-order valence-corrected chi connectivity index (χ0v) is 10.2. The van der Waals surface area contributed by atoms with Gasteiger partial charge in [-0.25, -0.2) is 0 Å². The number of hydrogen-bond acceptors (Lipinski definition) is 2. The first-order chi connectivity index (χ1) is 7.12. The van der Waals surface area contributed by atoms with Crippen LogP contribution in [0, 0.1) is 5.41 Å². The van der Waals surface area contributed by atoms with Crippen LogP contribution in [0.5, 0.6) is 0 Å². The molecule has 15 heavy (non-hydrogen) atoms. The topological polar surface area (TPSA) is 30.7 Å². The van der Waals surface area contributed by atoms with Gasteiger partial charge in [0.15, 0.2) is 0 Å². The van der Waals surface area contributed by atoms with Crippen LogP contribution in [0.25, 0.3) is 0 Å². The van der Waals surface area contributed by atoms with E-state index in [1.165, 1.54) is 25.7 Å². The first-order valence-corrected chi connectivity index (χ1v) is 6.10. The van der Waals surface area contributed by atoms with Crippen LogP contribution in [0.3, 0.4) is 0 Å². The molecule has 84 valence electrons. The molecule has 1 aliphatic rings. The van der Waals surface area contributed by atoms with Crippen LogP contribution in [0.4, 0.5) is 0 Å². The van der Waals surface area contributed by atoms with Crippen LogP contribution >= 0.6 is 11.6 Å². The zero-order chi connectivity index (χ0) is 10.9. The lowest BCUT2D eigenvalue weighted by Gasteiger charge is -2.35. The first kappa shape index (κ1) is 10.9. The van der Waals surface area contributed by atoms with E-state index in [1.807, 2.05) is 6.33 Å². The average molecular weight is 228 g/mol. The fourth-order valence-electron chi connectivity index (χ4n) is 2.33. The van der Waals surface area contributed by atoms with Crippen molar-refractivity contribution < 1.29 is 0 Å². The van der Waals surface area contributed by atoms with Crippen molar-refractivity contribution in [2.45, 2.75) is 51.5 Å². The quantitative estimate of drug-likeness (QED) is 0.727. The first-order valence-electron chi connectivity index (χ1n) is 5.57. The Balaban J connectivity index is 2.07. The third-order valence-corrected chi connectivity index (χ3v) is 3.71. The monoisotopic (exact) mass is 227 g/mol. The fourth-order valence-corrected chi connectivity index (χ4v) is 2.52. The molecule has 0 aliphatic heterocycles. The molecule has 2 rings (SSSR count). The number of hydrogen-bond donors (Lipinski definition) is 0. The van der Waals surface area contributed by atoms with Crippen molar-refractivity contribution in [3.05, 3.63) is 12.2 Å². The van der Waals surface area contributed by atoms with Gasteiger partial charge in [-0.2, -0.15) is 0 Å². The molecule has 3 nitrogen and oxygen atoms in total. The second kappa shape index (κ2) is 4.12. The van der Waals surface area contributed by atoms with Gasteiger partial charge in [-0.15, -0.1) is 21.8 Å². The van der Waals surface area contributed by atoms with Gasteiger partial charge in [0.1, 0.15) is 12.2 Å². The van der Waals surface area contributed by atoms with Crippen molar-refractivity contribution >= 4 is 11.6 Å². The van der Waals surface area contributed by atoms with Crippen molar-refractivity contribution in [3.63, 3.8) is 0 Å². The summed E-state index contributed by atoms with van der Waals surface area (Å²) in [7, 11) is 0. The number of aromatic nitrogens is 3. The fraction of sp³-hybridized carbons (Fsp3) is 0.818. The average Bonchev–Trinajstić information content (AvgIpc) is 2.65. The lowest BCUT2D eigenvalue weighted by atomic mass is 9.75. The van der Waals surface area contributed by atoms with Gasteiger partial charge < -0.3 is 4.57 Å². The third-order valence-electron chi connectivity index (χ3n) is 3.47. The Morgan fingerprint density at radius 2 is 2.13 bits per heavy atom. The zero-order valence-electron chi connectivity index (χ0n) is 9.41. The molecule has 1 saturated carbocycles.